The lowest BCUT2D eigenvalue weighted by molar-refractivity contribution is 0.0600. The van der Waals surface area contributed by atoms with Gasteiger partial charge in [0.2, 0.25) is 0 Å². The van der Waals surface area contributed by atoms with Gasteiger partial charge in [0.05, 0.1) is 12.7 Å². The van der Waals surface area contributed by atoms with Crippen molar-refractivity contribution in [3.05, 3.63) is 53.9 Å². The fourth-order valence-corrected chi connectivity index (χ4v) is 1.69. The van der Waals surface area contributed by atoms with Crippen molar-refractivity contribution in [3.8, 4) is 0 Å². The van der Waals surface area contributed by atoms with Gasteiger partial charge >= 0.3 is 5.97 Å². The third-order valence-corrected chi connectivity index (χ3v) is 2.94. The van der Waals surface area contributed by atoms with Crippen molar-refractivity contribution in [3.63, 3.8) is 0 Å². The molecule has 0 bridgehead atoms. The van der Waals surface area contributed by atoms with Gasteiger partial charge in [0, 0.05) is 17.7 Å². The summed E-state index contributed by atoms with van der Waals surface area (Å²) in [4.78, 5) is 11.1. The van der Waals surface area contributed by atoms with Crippen LogP contribution >= 0.6 is 15.9 Å². The Morgan fingerprint density at radius 2 is 2.11 bits per heavy atom. The van der Waals surface area contributed by atoms with Crippen molar-refractivity contribution in [2.24, 2.45) is 0 Å². The highest BCUT2D eigenvalue weighted by Crippen LogP contribution is 2.08. The van der Waals surface area contributed by atoms with Gasteiger partial charge in [-0.05, 0) is 36.6 Å². The molecule has 0 aliphatic heterocycles. The molecule has 1 aromatic carbocycles. The SMILES string of the molecule is COC(=O)c1ccc(CCCBr)cc1.c1cn[nH]c1. The van der Waals surface area contributed by atoms with Gasteiger partial charge in [-0.2, -0.15) is 5.10 Å². The maximum absolute atomic E-state index is 11.1. The van der Waals surface area contributed by atoms with Crippen LogP contribution in [0.15, 0.2) is 42.7 Å². The second-order valence-electron chi connectivity index (χ2n) is 3.75. The number of halogens is 1. The Morgan fingerprint density at radius 3 is 2.53 bits per heavy atom. The van der Waals surface area contributed by atoms with Crippen molar-refractivity contribution < 1.29 is 9.53 Å². The molecule has 0 radical (unpaired) electrons. The first-order valence-electron chi connectivity index (χ1n) is 5.95. The van der Waals surface area contributed by atoms with E-state index in [1.165, 1.54) is 12.7 Å². The summed E-state index contributed by atoms with van der Waals surface area (Å²) in [5.41, 5.74) is 1.85. The molecule has 102 valence electrons. The Hall–Kier alpha value is -1.62. The number of aromatic amines is 1. The number of methoxy groups -OCH3 is 1. The molecule has 4 nitrogen and oxygen atoms in total. The Labute approximate surface area is 121 Å². The minimum atomic E-state index is -0.281. The van der Waals surface area contributed by atoms with E-state index in [0.29, 0.717) is 5.56 Å². The molecule has 0 amide bonds. The fourth-order valence-electron chi connectivity index (χ4n) is 1.41. The molecule has 0 fully saturated rings. The largest absolute Gasteiger partial charge is 0.465 e. The molecule has 2 rings (SSSR count). The number of hydrogen-bond acceptors (Lipinski definition) is 3. The van der Waals surface area contributed by atoms with Crippen LogP contribution in [-0.2, 0) is 11.2 Å². The lowest BCUT2D eigenvalue weighted by Crippen LogP contribution is -2.00. The number of aromatic nitrogens is 2. The molecule has 5 heteroatoms. The quantitative estimate of drug-likeness (QED) is 0.694. The summed E-state index contributed by atoms with van der Waals surface area (Å²) in [6.07, 6.45) is 5.60. The number of aryl methyl sites for hydroxylation is 1. The van der Waals surface area contributed by atoms with Crippen LogP contribution in [0, 0.1) is 0 Å². The van der Waals surface area contributed by atoms with Crippen LogP contribution < -0.4 is 0 Å². The number of carbonyl (C=O) groups excluding carboxylic acids is 1. The highest BCUT2D eigenvalue weighted by molar-refractivity contribution is 9.09. The topological polar surface area (TPSA) is 55.0 Å². The number of rotatable bonds is 4. The molecule has 0 atom stereocenters. The van der Waals surface area contributed by atoms with Crippen LogP contribution in [0.4, 0.5) is 0 Å². The van der Waals surface area contributed by atoms with E-state index in [4.69, 9.17) is 0 Å². The number of alkyl halides is 1. The number of ether oxygens (including phenoxy) is 1. The van der Waals surface area contributed by atoms with Gasteiger partial charge in [-0.1, -0.05) is 28.1 Å². The summed E-state index contributed by atoms with van der Waals surface area (Å²) in [5, 5.41) is 7.21. The van der Waals surface area contributed by atoms with E-state index in [9.17, 15) is 4.79 Å². The molecule has 1 N–H and O–H groups in total. The molecule has 19 heavy (non-hydrogen) atoms. The third-order valence-electron chi connectivity index (χ3n) is 2.38. The summed E-state index contributed by atoms with van der Waals surface area (Å²) >= 11 is 3.38. The molecule has 2 aromatic rings. The molecule has 0 aliphatic rings. The van der Waals surface area contributed by atoms with Crippen LogP contribution in [-0.4, -0.2) is 28.6 Å². The number of benzene rings is 1. The van der Waals surface area contributed by atoms with Crippen molar-refractivity contribution in [2.45, 2.75) is 12.8 Å². The first kappa shape index (κ1) is 15.4. The normalized spacial score (nSPS) is 9.37. The van der Waals surface area contributed by atoms with Crippen LogP contribution in [0.3, 0.4) is 0 Å². The lowest BCUT2D eigenvalue weighted by atomic mass is 10.1. The number of H-pyrrole nitrogens is 1. The molecule has 0 unspecified atom stereocenters. The van der Waals surface area contributed by atoms with E-state index in [1.54, 1.807) is 24.5 Å². The molecule has 0 aliphatic carbocycles. The van der Waals surface area contributed by atoms with Crippen molar-refractivity contribution in [1.82, 2.24) is 10.2 Å². The van der Waals surface area contributed by atoms with Crippen molar-refractivity contribution in [2.75, 3.05) is 12.4 Å². The second kappa shape index (κ2) is 9.33. The van der Waals surface area contributed by atoms with E-state index in [-0.39, 0.29) is 5.97 Å². The van der Waals surface area contributed by atoms with E-state index < -0.39 is 0 Å². The zero-order chi connectivity index (χ0) is 13.9. The summed E-state index contributed by atoms with van der Waals surface area (Å²) in [7, 11) is 1.39. The minimum absolute atomic E-state index is 0.281. The highest BCUT2D eigenvalue weighted by atomic mass is 79.9. The van der Waals surface area contributed by atoms with Gasteiger partial charge in [-0.25, -0.2) is 4.79 Å². The molecular formula is C14H17BrN2O2. The predicted octanol–water partition coefficient (Wildman–Crippen LogP) is 3.21. The van der Waals surface area contributed by atoms with Gasteiger partial charge in [-0.3, -0.25) is 5.10 Å². The first-order valence-corrected chi connectivity index (χ1v) is 7.07. The zero-order valence-corrected chi connectivity index (χ0v) is 12.4. The molecule has 0 saturated carbocycles. The summed E-state index contributed by atoms with van der Waals surface area (Å²) < 4.78 is 4.61. The van der Waals surface area contributed by atoms with Gasteiger partial charge in [0.1, 0.15) is 0 Å². The van der Waals surface area contributed by atoms with Gasteiger partial charge in [0.15, 0.2) is 0 Å². The van der Waals surface area contributed by atoms with Gasteiger partial charge in [0.25, 0.3) is 0 Å². The van der Waals surface area contributed by atoms with Crippen LogP contribution in [0.1, 0.15) is 22.3 Å². The van der Waals surface area contributed by atoms with E-state index in [2.05, 4.69) is 30.9 Å². The summed E-state index contributed by atoms with van der Waals surface area (Å²) in [5.74, 6) is -0.281. The highest BCUT2D eigenvalue weighted by Gasteiger charge is 2.03. The lowest BCUT2D eigenvalue weighted by Gasteiger charge is -2.01. The number of nitrogens with zero attached hydrogens (tertiary/aromatic N) is 1. The van der Waals surface area contributed by atoms with E-state index in [0.717, 1.165) is 18.2 Å². The maximum atomic E-state index is 11.1. The Morgan fingerprint density at radius 1 is 1.37 bits per heavy atom. The van der Waals surface area contributed by atoms with Crippen molar-refractivity contribution in [1.29, 1.82) is 0 Å². The number of nitrogens with one attached hydrogen (secondary N) is 1. The predicted molar refractivity (Wildman–Crippen MR) is 78.5 cm³/mol. The smallest absolute Gasteiger partial charge is 0.337 e. The number of carbonyl (C=O) groups is 1. The maximum Gasteiger partial charge on any atom is 0.337 e. The molecule has 0 spiro atoms. The van der Waals surface area contributed by atoms with Crippen LogP contribution in [0.2, 0.25) is 0 Å². The first-order chi connectivity index (χ1) is 9.27. The van der Waals surface area contributed by atoms with E-state index in [1.807, 2.05) is 18.2 Å². The minimum Gasteiger partial charge on any atom is -0.465 e. The van der Waals surface area contributed by atoms with Gasteiger partial charge in [-0.15, -0.1) is 0 Å². The average molecular weight is 325 g/mol. The average Bonchev–Trinajstić information content (AvgIpc) is 3.04. The second-order valence-corrected chi connectivity index (χ2v) is 4.54. The Balaban J connectivity index is 0.000000300. The summed E-state index contributed by atoms with van der Waals surface area (Å²) in [6, 6.07) is 9.37. The standard InChI is InChI=1S/C11H13BrO2.C3H4N2/c1-14-11(13)10-6-4-9(5-7-10)3-2-8-12;1-2-4-5-3-1/h4-7H,2-3,8H2,1H3;1-3H,(H,4,5). The molecule has 0 saturated heterocycles. The molecular weight excluding hydrogens is 308 g/mol. The third kappa shape index (κ3) is 6.20. The Kier molecular flexibility index (Phi) is 7.58. The molecule has 1 heterocycles. The number of hydrogen-bond donors (Lipinski definition) is 1. The summed E-state index contributed by atoms with van der Waals surface area (Å²) in [6.45, 7) is 0. The zero-order valence-electron chi connectivity index (χ0n) is 10.8. The Bertz CT molecular complexity index is 438. The van der Waals surface area contributed by atoms with Crippen LogP contribution in [0.25, 0.3) is 0 Å². The monoisotopic (exact) mass is 324 g/mol. The van der Waals surface area contributed by atoms with Crippen LogP contribution in [0.5, 0.6) is 0 Å². The molecule has 1 aromatic heterocycles. The van der Waals surface area contributed by atoms with Gasteiger partial charge < -0.3 is 4.74 Å². The van der Waals surface area contributed by atoms with Crippen molar-refractivity contribution >= 4 is 21.9 Å². The fraction of sp³-hybridized carbons (Fsp3) is 0.286. The number of esters is 1. The van der Waals surface area contributed by atoms with E-state index >= 15 is 0 Å².